The molecule has 0 spiro atoms. The van der Waals surface area contributed by atoms with Gasteiger partial charge in [0.1, 0.15) is 0 Å². The third kappa shape index (κ3) is 8.71. The summed E-state index contributed by atoms with van der Waals surface area (Å²) in [6.07, 6.45) is 10.9. The summed E-state index contributed by atoms with van der Waals surface area (Å²) in [5.74, 6) is 0. The highest BCUT2D eigenvalue weighted by molar-refractivity contribution is 7.13. The summed E-state index contributed by atoms with van der Waals surface area (Å²) in [6.45, 7) is 4.53. The van der Waals surface area contributed by atoms with Crippen LogP contribution in [-0.4, -0.2) is 6.04 Å². The highest BCUT2D eigenvalue weighted by Gasteiger charge is 2.04. The smallest absolute Gasteiger partial charge is 0.00988 e. The molecule has 0 aromatic carbocycles. The normalized spacial score (nSPS) is 11.1. The topological polar surface area (TPSA) is 12.0 Å². The van der Waals surface area contributed by atoms with E-state index in [9.17, 15) is 0 Å². The van der Waals surface area contributed by atoms with Gasteiger partial charge in [0.15, 0.2) is 0 Å². The number of nitrogens with one attached hydrogen (secondary N) is 1. The van der Waals surface area contributed by atoms with Gasteiger partial charge in [-0.2, -0.15) is 0 Å². The highest BCUT2D eigenvalue weighted by Crippen LogP contribution is 2.11. The van der Waals surface area contributed by atoms with Crippen molar-refractivity contribution in [3.63, 3.8) is 0 Å². The molecular formula is C11H26NP. The van der Waals surface area contributed by atoms with Gasteiger partial charge in [-0.05, 0) is 12.8 Å². The Labute approximate surface area is 86.3 Å². The molecule has 0 aliphatic heterocycles. The van der Waals surface area contributed by atoms with Crippen molar-refractivity contribution in [3.05, 3.63) is 0 Å². The Kier molecular flexibility index (Phi) is 10.8. The lowest BCUT2D eigenvalue weighted by Gasteiger charge is -2.15. The second-order valence-electron chi connectivity index (χ2n) is 3.86. The van der Waals surface area contributed by atoms with Gasteiger partial charge in [-0.1, -0.05) is 61.8 Å². The molecule has 0 fully saturated rings. The van der Waals surface area contributed by atoms with Crippen molar-refractivity contribution in [1.82, 2.24) is 5.09 Å². The zero-order valence-electron chi connectivity index (χ0n) is 9.31. The predicted octanol–water partition coefficient (Wildman–Crippen LogP) is 3.90. The van der Waals surface area contributed by atoms with E-state index in [0.29, 0.717) is 0 Å². The third-order valence-corrected chi connectivity index (χ3v) is 3.02. The lowest BCUT2D eigenvalue weighted by molar-refractivity contribution is 0.481. The van der Waals surface area contributed by atoms with Crippen LogP contribution in [0.4, 0.5) is 0 Å². The van der Waals surface area contributed by atoms with Gasteiger partial charge in [0.2, 0.25) is 0 Å². The molecule has 0 radical (unpaired) electrons. The van der Waals surface area contributed by atoms with Gasteiger partial charge in [0.25, 0.3) is 0 Å². The van der Waals surface area contributed by atoms with Crippen LogP contribution in [0.25, 0.3) is 0 Å². The molecule has 0 heterocycles. The molecule has 0 amide bonds. The SMILES string of the molecule is CCCCCC(CCCCC)NP. The minimum atomic E-state index is 0.739. The van der Waals surface area contributed by atoms with Crippen molar-refractivity contribution in [2.24, 2.45) is 0 Å². The van der Waals surface area contributed by atoms with Gasteiger partial charge in [-0.25, -0.2) is 0 Å². The van der Waals surface area contributed by atoms with E-state index in [2.05, 4.69) is 28.3 Å². The van der Waals surface area contributed by atoms with Crippen molar-refractivity contribution in [2.45, 2.75) is 71.3 Å². The molecule has 1 unspecified atom stereocenters. The van der Waals surface area contributed by atoms with Crippen LogP contribution in [0.3, 0.4) is 0 Å². The molecule has 0 aliphatic carbocycles. The summed E-state index contributed by atoms with van der Waals surface area (Å²) in [5.41, 5.74) is 0. The summed E-state index contributed by atoms with van der Waals surface area (Å²) in [4.78, 5) is 0. The van der Waals surface area contributed by atoms with Gasteiger partial charge in [0.05, 0.1) is 0 Å². The third-order valence-electron chi connectivity index (χ3n) is 2.55. The number of unbranched alkanes of at least 4 members (excludes halogenated alkanes) is 4. The Morgan fingerprint density at radius 2 is 1.38 bits per heavy atom. The van der Waals surface area contributed by atoms with E-state index in [1.807, 2.05) is 0 Å². The molecule has 0 saturated carbocycles. The van der Waals surface area contributed by atoms with Crippen LogP contribution in [-0.2, 0) is 0 Å². The van der Waals surface area contributed by atoms with Crippen LogP contribution >= 0.6 is 9.39 Å². The molecule has 0 aromatic heterocycles. The summed E-state index contributed by atoms with van der Waals surface area (Å²) in [5, 5.41) is 3.34. The largest absolute Gasteiger partial charge is 0.298 e. The first-order valence-electron chi connectivity index (χ1n) is 5.81. The predicted molar refractivity (Wildman–Crippen MR) is 64.9 cm³/mol. The number of hydrogen-bond donors (Lipinski definition) is 1. The summed E-state index contributed by atoms with van der Waals surface area (Å²) >= 11 is 0. The maximum atomic E-state index is 3.34. The van der Waals surface area contributed by atoms with Gasteiger partial charge in [-0.15, -0.1) is 0 Å². The van der Waals surface area contributed by atoms with E-state index < -0.39 is 0 Å². The molecule has 13 heavy (non-hydrogen) atoms. The monoisotopic (exact) mass is 203 g/mol. The zero-order chi connectivity index (χ0) is 9.94. The molecular weight excluding hydrogens is 177 g/mol. The lowest BCUT2D eigenvalue weighted by Crippen LogP contribution is -2.19. The lowest BCUT2D eigenvalue weighted by atomic mass is 10.0. The van der Waals surface area contributed by atoms with E-state index in [0.717, 1.165) is 6.04 Å². The van der Waals surface area contributed by atoms with Crippen LogP contribution in [0.1, 0.15) is 65.2 Å². The first-order chi connectivity index (χ1) is 6.35. The average molecular weight is 203 g/mol. The minimum Gasteiger partial charge on any atom is -0.298 e. The van der Waals surface area contributed by atoms with Crippen LogP contribution < -0.4 is 5.09 Å². The first-order valence-corrected chi connectivity index (χ1v) is 6.39. The number of rotatable bonds is 9. The van der Waals surface area contributed by atoms with Gasteiger partial charge in [0, 0.05) is 6.04 Å². The quantitative estimate of drug-likeness (QED) is 0.443. The first kappa shape index (κ1) is 13.4. The van der Waals surface area contributed by atoms with E-state index in [1.54, 1.807) is 0 Å². The summed E-state index contributed by atoms with van der Waals surface area (Å²) < 4.78 is 0. The van der Waals surface area contributed by atoms with Gasteiger partial charge < -0.3 is 0 Å². The fourth-order valence-electron chi connectivity index (χ4n) is 1.59. The van der Waals surface area contributed by atoms with E-state index in [4.69, 9.17) is 0 Å². The van der Waals surface area contributed by atoms with Gasteiger partial charge in [-0.3, -0.25) is 5.09 Å². The van der Waals surface area contributed by atoms with Crippen LogP contribution in [0.5, 0.6) is 0 Å². The molecule has 0 saturated heterocycles. The van der Waals surface area contributed by atoms with Gasteiger partial charge >= 0.3 is 0 Å². The molecule has 1 N–H and O–H groups in total. The standard InChI is InChI=1S/C11H26NP/c1-3-5-7-9-11(12-13)10-8-6-4-2/h11-12H,3-10,13H2,1-2H3. The Morgan fingerprint density at radius 3 is 1.69 bits per heavy atom. The Hall–Kier alpha value is 0.390. The highest BCUT2D eigenvalue weighted by atomic mass is 31.0. The average Bonchev–Trinajstić information content (AvgIpc) is 2.16. The van der Waals surface area contributed by atoms with Crippen LogP contribution in [0.15, 0.2) is 0 Å². The Bertz CT molecular complexity index is 86.1. The van der Waals surface area contributed by atoms with E-state index >= 15 is 0 Å². The van der Waals surface area contributed by atoms with E-state index in [1.165, 1.54) is 51.4 Å². The summed E-state index contributed by atoms with van der Waals surface area (Å²) in [7, 11) is 2.66. The molecule has 0 aliphatic rings. The second-order valence-corrected chi connectivity index (χ2v) is 4.19. The van der Waals surface area contributed by atoms with Crippen molar-refractivity contribution in [2.75, 3.05) is 0 Å². The molecule has 2 heteroatoms. The molecule has 0 aromatic rings. The van der Waals surface area contributed by atoms with Crippen molar-refractivity contribution in [3.8, 4) is 0 Å². The van der Waals surface area contributed by atoms with E-state index in [-0.39, 0.29) is 0 Å². The minimum absolute atomic E-state index is 0.739. The molecule has 1 nitrogen and oxygen atoms in total. The van der Waals surface area contributed by atoms with Crippen LogP contribution in [0, 0.1) is 0 Å². The van der Waals surface area contributed by atoms with Crippen molar-refractivity contribution in [1.29, 1.82) is 0 Å². The molecule has 1 atom stereocenters. The number of hydrogen-bond acceptors (Lipinski definition) is 1. The molecule has 0 rings (SSSR count). The summed E-state index contributed by atoms with van der Waals surface area (Å²) in [6, 6.07) is 0.739. The zero-order valence-corrected chi connectivity index (χ0v) is 10.5. The van der Waals surface area contributed by atoms with Crippen molar-refractivity contribution < 1.29 is 0 Å². The fourth-order valence-corrected chi connectivity index (χ4v) is 1.93. The molecule has 80 valence electrons. The maximum Gasteiger partial charge on any atom is 0.00988 e. The molecule has 0 bridgehead atoms. The Balaban J connectivity index is 3.28. The second kappa shape index (κ2) is 10.5. The maximum absolute atomic E-state index is 3.34. The van der Waals surface area contributed by atoms with Crippen LogP contribution in [0.2, 0.25) is 0 Å². The Morgan fingerprint density at radius 1 is 0.923 bits per heavy atom. The van der Waals surface area contributed by atoms with Crippen molar-refractivity contribution >= 4 is 9.39 Å². The fraction of sp³-hybridized carbons (Fsp3) is 1.00.